The molecule has 1 N–H and O–H groups in total. The molecule has 2 aromatic rings. The molecule has 0 atom stereocenters. The Balaban J connectivity index is 1.98. The Kier molecular flexibility index (Phi) is 5.71. The minimum absolute atomic E-state index is 0.0768. The molecule has 0 unspecified atom stereocenters. The highest BCUT2D eigenvalue weighted by atomic mass is 79.9. The van der Waals surface area contributed by atoms with Crippen molar-refractivity contribution in [3.8, 4) is 0 Å². The monoisotopic (exact) mass is 448 g/mol. The van der Waals surface area contributed by atoms with Crippen LogP contribution in [-0.4, -0.2) is 30.3 Å². The zero-order chi connectivity index (χ0) is 16.3. The SMILES string of the molecule is CN(CC(=O)Nc1ccc(Br)cc1F)C(=O)c1ccc(Br)s1. The lowest BCUT2D eigenvalue weighted by Gasteiger charge is -2.16. The largest absolute Gasteiger partial charge is 0.332 e. The van der Waals surface area contributed by atoms with Gasteiger partial charge in [-0.05, 0) is 46.3 Å². The van der Waals surface area contributed by atoms with Crippen LogP contribution in [0.25, 0.3) is 0 Å². The van der Waals surface area contributed by atoms with Crippen molar-refractivity contribution in [1.82, 2.24) is 4.90 Å². The van der Waals surface area contributed by atoms with E-state index in [9.17, 15) is 14.0 Å². The summed E-state index contributed by atoms with van der Waals surface area (Å²) >= 11 is 7.71. The summed E-state index contributed by atoms with van der Waals surface area (Å²) in [7, 11) is 1.52. The Morgan fingerprint density at radius 2 is 2.00 bits per heavy atom. The second kappa shape index (κ2) is 7.34. The van der Waals surface area contributed by atoms with Gasteiger partial charge in [0.2, 0.25) is 5.91 Å². The molecule has 0 saturated carbocycles. The van der Waals surface area contributed by atoms with Crippen LogP contribution in [0.4, 0.5) is 10.1 Å². The molecule has 1 aromatic heterocycles. The van der Waals surface area contributed by atoms with Gasteiger partial charge in [-0.15, -0.1) is 11.3 Å². The quantitative estimate of drug-likeness (QED) is 0.763. The molecule has 1 aromatic carbocycles. The average Bonchev–Trinajstić information content (AvgIpc) is 2.87. The van der Waals surface area contributed by atoms with Gasteiger partial charge in [0, 0.05) is 11.5 Å². The summed E-state index contributed by atoms with van der Waals surface area (Å²) in [6, 6.07) is 7.78. The number of carbonyl (C=O) groups is 2. The molecule has 116 valence electrons. The van der Waals surface area contributed by atoms with E-state index in [0.717, 1.165) is 3.79 Å². The van der Waals surface area contributed by atoms with Gasteiger partial charge in [0.1, 0.15) is 5.82 Å². The molecule has 2 amide bonds. The van der Waals surface area contributed by atoms with Gasteiger partial charge < -0.3 is 10.2 Å². The number of benzene rings is 1. The number of halogens is 3. The van der Waals surface area contributed by atoms with Crippen molar-refractivity contribution in [1.29, 1.82) is 0 Å². The van der Waals surface area contributed by atoms with E-state index in [1.165, 1.54) is 35.4 Å². The normalized spacial score (nSPS) is 10.4. The maximum atomic E-state index is 13.6. The Labute approximate surface area is 147 Å². The van der Waals surface area contributed by atoms with Gasteiger partial charge in [0.25, 0.3) is 5.91 Å². The molecule has 2 rings (SSSR count). The molecule has 0 radical (unpaired) electrons. The summed E-state index contributed by atoms with van der Waals surface area (Å²) in [5, 5.41) is 2.45. The van der Waals surface area contributed by atoms with Crippen molar-refractivity contribution in [2.24, 2.45) is 0 Å². The minimum atomic E-state index is -0.543. The van der Waals surface area contributed by atoms with Crippen LogP contribution in [0.5, 0.6) is 0 Å². The Hall–Kier alpha value is -1.25. The summed E-state index contributed by atoms with van der Waals surface area (Å²) in [6.07, 6.45) is 0. The van der Waals surface area contributed by atoms with Crippen LogP contribution >= 0.6 is 43.2 Å². The Bertz CT molecular complexity index is 721. The van der Waals surface area contributed by atoms with Gasteiger partial charge in [0.15, 0.2) is 0 Å². The van der Waals surface area contributed by atoms with Crippen LogP contribution in [0.2, 0.25) is 0 Å². The topological polar surface area (TPSA) is 49.4 Å². The Morgan fingerprint density at radius 3 is 2.59 bits per heavy atom. The summed E-state index contributed by atoms with van der Waals surface area (Å²) in [4.78, 5) is 25.8. The molecule has 0 aliphatic heterocycles. The number of hydrogen-bond donors (Lipinski definition) is 1. The molecule has 0 spiro atoms. The van der Waals surface area contributed by atoms with E-state index in [0.29, 0.717) is 9.35 Å². The summed E-state index contributed by atoms with van der Waals surface area (Å²) in [5.41, 5.74) is 0.0768. The predicted molar refractivity (Wildman–Crippen MR) is 91.7 cm³/mol. The van der Waals surface area contributed by atoms with Gasteiger partial charge >= 0.3 is 0 Å². The highest BCUT2D eigenvalue weighted by Gasteiger charge is 2.17. The van der Waals surface area contributed by atoms with Crippen LogP contribution < -0.4 is 5.32 Å². The van der Waals surface area contributed by atoms with Crippen molar-refractivity contribution in [2.45, 2.75) is 0 Å². The number of hydrogen-bond acceptors (Lipinski definition) is 3. The zero-order valence-electron chi connectivity index (χ0n) is 11.4. The van der Waals surface area contributed by atoms with E-state index in [4.69, 9.17) is 0 Å². The summed E-state index contributed by atoms with van der Waals surface area (Å²) < 4.78 is 15.1. The number of likely N-dealkylation sites (N-methyl/N-ethyl adjacent to an activating group) is 1. The highest BCUT2D eigenvalue weighted by molar-refractivity contribution is 9.11. The second-order valence-electron chi connectivity index (χ2n) is 4.44. The van der Waals surface area contributed by atoms with Gasteiger partial charge in [-0.1, -0.05) is 15.9 Å². The molecule has 4 nitrogen and oxygen atoms in total. The minimum Gasteiger partial charge on any atom is -0.332 e. The predicted octanol–water partition coefficient (Wildman–Crippen LogP) is 4.12. The van der Waals surface area contributed by atoms with Gasteiger partial charge in [-0.2, -0.15) is 0 Å². The van der Waals surface area contributed by atoms with E-state index in [1.54, 1.807) is 18.2 Å². The van der Waals surface area contributed by atoms with Crippen LogP contribution in [0.1, 0.15) is 9.67 Å². The average molecular weight is 450 g/mol. The van der Waals surface area contributed by atoms with Crippen molar-refractivity contribution in [2.75, 3.05) is 18.9 Å². The van der Waals surface area contributed by atoms with Crippen molar-refractivity contribution in [3.63, 3.8) is 0 Å². The molecule has 22 heavy (non-hydrogen) atoms. The fourth-order valence-corrected chi connectivity index (χ4v) is 3.40. The number of nitrogens with one attached hydrogen (secondary N) is 1. The Morgan fingerprint density at radius 1 is 1.27 bits per heavy atom. The lowest BCUT2D eigenvalue weighted by molar-refractivity contribution is -0.116. The van der Waals surface area contributed by atoms with Gasteiger partial charge in [-0.3, -0.25) is 9.59 Å². The van der Waals surface area contributed by atoms with Crippen molar-refractivity contribution < 1.29 is 14.0 Å². The van der Waals surface area contributed by atoms with Crippen LogP contribution in [0, 0.1) is 5.82 Å². The van der Waals surface area contributed by atoms with E-state index < -0.39 is 11.7 Å². The van der Waals surface area contributed by atoms with E-state index in [2.05, 4.69) is 37.2 Å². The molecule has 0 aliphatic rings. The third-order valence-corrected chi connectivity index (χ3v) is 4.82. The van der Waals surface area contributed by atoms with Crippen molar-refractivity contribution >= 4 is 60.7 Å². The first-order valence-corrected chi connectivity index (χ1v) is 8.53. The van der Waals surface area contributed by atoms with Crippen LogP contribution in [0.3, 0.4) is 0 Å². The number of nitrogens with zero attached hydrogens (tertiary/aromatic N) is 1. The van der Waals surface area contributed by atoms with Gasteiger partial charge in [0.05, 0.1) is 20.9 Å². The maximum absolute atomic E-state index is 13.6. The number of carbonyl (C=O) groups excluding carboxylic acids is 2. The third kappa shape index (κ3) is 4.37. The smallest absolute Gasteiger partial charge is 0.264 e. The molecule has 0 saturated heterocycles. The summed E-state index contributed by atoms with van der Waals surface area (Å²) in [6.45, 7) is -0.163. The fourth-order valence-electron chi connectivity index (χ4n) is 1.69. The molecule has 8 heteroatoms. The lowest BCUT2D eigenvalue weighted by atomic mass is 10.3. The standard InChI is InChI=1S/C14H11Br2FN2O2S/c1-19(14(21)11-4-5-12(16)22-11)7-13(20)18-10-3-2-8(15)6-9(10)17/h2-6H,7H2,1H3,(H,18,20). The highest BCUT2D eigenvalue weighted by Crippen LogP contribution is 2.23. The van der Waals surface area contributed by atoms with Gasteiger partial charge in [-0.25, -0.2) is 4.39 Å². The first-order chi connectivity index (χ1) is 10.4. The molecule has 1 heterocycles. The van der Waals surface area contributed by atoms with Crippen LogP contribution in [0.15, 0.2) is 38.6 Å². The van der Waals surface area contributed by atoms with E-state index in [1.807, 2.05) is 0 Å². The number of anilines is 1. The third-order valence-electron chi connectivity index (χ3n) is 2.72. The maximum Gasteiger partial charge on any atom is 0.264 e. The molecular weight excluding hydrogens is 439 g/mol. The fraction of sp³-hybridized carbons (Fsp3) is 0.143. The summed E-state index contributed by atoms with van der Waals surface area (Å²) in [5.74, 6) is -1.27. The first kappa shape index (κ1) is 17.1. The molecular formula is C14H11Br2FN2O2S. The number of rotatable bonds is 4. The molecule has 0 bridgehead atoms. The van der Waals surface area contributed by atoms with Crippen molar-refractivity contribution in [3.05, 3.63) is 49.3 Å². The zero-order valence-corrected chi connectivity index (χ0v) is 15.4. The number of amides is 2. The molecule has 0 fully saturated rings. The van der Waals surface area contributed by atoms with E-state index >= 15 is 0 Å². The lowest BCUT2D eigenvalue weighted by Crippen LogP contribution is -2.34. The van der Waals surface area contributed by atoms with Crippen LogP contribution in [-0.2, 0) is 4.79 Å². The second-order valence-corrected chi connectivity index (χ2v) is 7.82. The van der Waals surface area contributed by atoms with E-state index in [-0.39, 0.29) is 18.1 Å². The number of thiophene rings is 1. The first-order valence-electron chi connectivity index (χ1n) is 6.12. The molecule has 0 aliphatic carbocycles.